The zero-order chi connectivity index (χ0) is 8.85. The van der Waals surface area contributed by atoms with E-state index in [1.165, 1.54) is 0 Å². The summed E-state index contributed by atoms with van der Waals surface area (Å²) in [5.41, 5.74) is 1.07. The van der Waals surface area contributed by atoms with Crippen molar-refractivity contribution in [2.75, 3.05) is 0 Å². The monoisotopic (exact) mass is 177 g/mol. The van der Waals surface area contributed by atoms with Crippen molar-refractivity contribution in [3.05, 3.63) is 18.0 Å². The number of aromatic nitrogens is 2. The maximum absolute atomic E-state index is 8.81. The second-order valence-electron chi connectivity index (χ2n) is 1.92. The smallest absolute Gasteiger partial charge is 0.198 e. The second kappa shape index (κ2) is 4.86. The predicted octanol–water partition coefficient (Wildman–Crippen LogP) is -0.800. The van der Waals surface area contributed by atoms with Gasteiger partial charge in [-0.05, 0) is 13.0 Å². The summed E-state index contributed by atoms with van der Waals surface area (Å²) < 4.78 is 19.4. The van der Waals surface area contributed by atoms with E-state index >= 15 is 0 Å². The van der Waals surface area contributed by atoms with Gasteiger partial charge in [0.15, 0.2) is 10.9 Å². The van der Waals surface area contributed by atoms with Crippen LogP contribution in [-0.2, 0) is 17.9 Å². The lowest BCUT2D eigenvalue weighted by molar-refractivity contribution is 0.616. The van der Waals surface area contributed by atoms with Gasteiger partial charge in [0.05, 0.1) is 5.69 Å². The highest BCUT2D eigenvalue weighted by atomic mass is 32.2. The molecule has 1 aromatic rings. The Morgan fingerprint density at radius 2 is 2.09 bits per heavy atom. The van der Waals surface area contributed by atoms with Crippen LogP contribution in [0.1, 0.15) is 5.69 Å². The van der Waals surface area contributed by atoms with E-state index in [-0.39, 0.29) is 0 Å². The highest BCUT2D eigenvalue weighted by Crippen LogP contribution is 1.86. The number of aryl methyl sites for hydroxylation is 2. The van der Waals surface area contributed by atoms with E-state index in [4.69, 9.17) is 8.42 Å². The molecule has 0 aromatic carbocycles. The SMILES string of the molecule is Cc1ccn(C)n1.N[SH](=O)=O. The van der Waals surface area contributed by atoms with Gasteiger partial charge in [-0.25, -0.2) is 13.6 Å². The third kappa shape index (κ3) is 7.01. The predicted molar refractivity (Wildman–Crippen MR) is 42.4 cm³/mol. The molecule has 0 aliphatic heterocycles. The number of rotatable bonds is 0. The number of hydrogen-bond donors (Lipinski definition) is 2. The molecule has 0 radical (unpaired) electrons. The molecule has 64 valence electrons. The fourth-order valence-corrected chi connectivity index (χ4v) is 0.531. The van der Waals surface area contributed by atoms with Crippen molar-refractivity contribution in [1.29, 1.82) is 0 Å². The van der Waals surface area contributed by atoms with Crippen LogP contribution in [0.25, 0.3) is 0 Å². The van der Waals surface area contributed by atoms with Crippen LogP contribution >= 0.6 is 0 Å². The quantitative estimate of drug-likeness (QED) is 0.509. The topological polar surface area (TPSA) is 78.0 Å². The molecule has 11 heavy (non-hydrogen) atoms. The molecule has 0 saturated heterocycles. The lowest BCUT2D eigenvalue weighted by Gasteiger charge is -1.79. The van der Waals surface area contributed by atoms with Gasteiger partial charge in [0.1, 0.15) is 0 Å². The fourth-order valence-electron chi connectivity index (χ4n) is 0.531. The van der Waals surface area contributed by atoms with E-state index in [1.807, 2.05) is 26.2 Å². The first-order valence-corrected chi connectivity index (χ1v) is 4.12. The molecule has 1 rings (SSSR count). The van der Waals surface area contributed by atoms with Gasteiger partial charge in [0, 0.05) is 13.2 Å². The minimum Gasteiger partial charge on any atom is -0.276 e. The van der Waals surface area contributed by atoms with E-state index in [2.05, 4.69) is 10.2 Å². The second-order valence-corrected chi connectivity index (χ2v) is 2.49. The number of nitrogens with zero attached hydrogens (tertiary/aromatic N) is 2. The third-order valence-electron chi connectivity index (χ3n) is 0.847. The van der Waals surface area contributed by atoms with Crippen molar-refractivity contribution in [2.24, 2.45) is 12.2 Å². The third-order valence-corrected chi connectivity index (χ3v) is 0.847. The molecule has 0 bridgehead atoms. The van der Waals surface area contributed by atoms with Crippen molar-refractivity contribution < 1.29 is 8.42 Å². The molecule has 0 fully saturated rings. The van der Waals surface area contributed by atoms with Crippen LogP contribution < -0.4 is 5.14 Å². The van der Waals surface area contributed by atoms with Gasteiger partial charge in [0.25, 0.3) is 0 Å². The van der Waals surface area contributed by atoms with Gasteiger partial charge in [0.2, 0.25) is 0 Å². The average Bonchev–Trinajstić information content (AvgIpc) is 2.13. The summed E-state index contributed by atoms with van der Waals surface area (Å²) in [6, 6.07) is 1.97. The molecule has 0 atom stereocenters. The highest BCUT2D eigenvalue weighted by molar-refractivity contribution is 7.69. The summed E-state index contributed by atoms with van der Waals surface area (Å²) in [6.07, 6.45) is 1.93. The first kappa shape index (κ1) is 10.1. The summed E-state index contributed by atoms with van der Waals surface area (Å²) in [6.45, 7) is 1.97. The van der Waals surface area contributed by atoms with Crippen molar-refractivity contribution >= 4 is 10.9 Å². The molecular formula is C5H11N3O2S. The molecule has 0 aliphatic carbocycles. The van der Waals surface area contributed by atoms with E-state index in [0.717, 1.165) is 5.69 Å². The molecule has 0 saturated carbocycles. The number of thiol groups is 1. The molecule has 0 aliphatic rings. The van der Waals surface area contributed by atoms with Crippen LogP contribution in [0, 0.1) is 6.92 Å². The Morgan fingerprint density at radius 1 is 1.64 bits per heavy atom. The van der Waals surface area contributed by atoms with Crippen molar-refractivity contribution in [3.8, 4) is 0 Å². The van der Waals surface area contributed by atoms with Crippen LogP contribution in [0.3, 0.4) is 0 Å². The molecule has 6 heteroatoms. The van der Waals surface area contributed by atoms with Gasteiger partial charge < -0.3 is 0 Å². The zero-order valence-corrected chi connectivity index (χ0v) is 7.28. The molecule has 0 spiro atoms. The summed E-state index contributed by atoms with van der Waals surface area (Å²) in [7, 11) is -0.711. The molecule has 0 amide bonds. The molecule has 1 aromatic heterocycles. The Labute approximate surface area is 66.9 Å². The summed E-state index contributed by atoms with van der Waals surface area (Å²) in [4.78, 5) is 0. The van der Waals surface area contributed by atoms with Crippen LogP contribution in [0.15, 0.2) is 12.3 Å². The van der Waals surface area contributed by atoms with Crippen LogP contribution in [0.2, 0.25) is 0 Å². The van der Waals surface area contributed by atoms with Gasteiger partial charge in [-0.15, -0.1) is 0 Å². The maximum atomic E-state index is 8.81. The Hall–Kier alpha value is -0.880. The van der Waals surface area contributed by atoms with Crippen molar-refractivity contribution in [1.82, 2.24) is 9.78 Å². The van der Waals surface area contributed by atoms with Crippen LogP contribution in [0.4, 0.5) is 0 Å². The summed E-state index contributed by atoms with van der Waals surface area (Å²) >= 11 is 0. The Bertz CT molecular complexity index is 255. The minimum absolute atomic E-state index is 1.07. The first-order valence-electron chi connectivity index (χ1n) is 2.87. The number of nitrogens with two attached hydrogens (primary N) is 1. The normalized spacial score (nSPS) is 9.09. The first-order chi connectivity index (χ1) is 5.02. The van der Waals surface area contributed by atoms with Gasteiger partial charge in [-0.1, -0.05) is 0 Å². The summed E-state index contributed by atoms with van der Waals surface area (Å²) in [5, 5.41) is 8.09. The largest absolute Gasteiger partial charge is 0.276 e. The number of hydrogen-bond acceptors (Lipinski definition) is 3. The molecule has 2 N–H and O–H groups in total. The van der Waals surface area contributed by atoms with E-state index < -0.39 is 10.9 Å². The molecule has 0 unspecified atom stereocenters. The minimum atomic E-state index is -2.62. The molecular weight excluding hydrogens is 166 g/mol. The zero-order valence-electron chi connectivity index (χ0n) is 6.39. The molecule has 1 heterocycles. The van der Waals surface area contributed by atoms with Crippen molar-refractivity contribution in [3.63, 3.8) is 0 Å². The Balaban J connectivity index is 0.000000218. The van der Waals surface area contributed by atoms with Gasteiger partial charge in [-0.2, -0.15) is 5.10 Å². The highest BCUT2D eigenvalue weighted by Gasteiger charge is 1.81. The Kier molecular flexibility index (Phi) is 4.47. The standard InChI is InChI=1S/C5H8N2.H3NO2S/c1-5-3-4-7(2)6-5;1-4(2)3/h3-4H,1-2H3;4H,(H2,1,2,3). The summed E-state index contributed by atoms with van der Waals surface area (Å²) in [5.74, 6) is 0. The fraction of sp³-hybridized carbons (Fsp3) is 0.400. The van der Waals surface area contributed by atoms with Gasteiger partial charge in [-0.3, -0.25) is 4.68 Å². The van der Waals surface area contributed by atoms with Crippen LogP contribution in [0.5, 0.6) is 0 Å². The maximum Gasteiger partial charge on any atom is 0.198 e. The van der Waals surface area contributed by atoms with E-state index in [9.17, 15) is 0 Å². The lowest BCUT2D eigenvalue weighted by atomic mass is 10.5. The lowest BCUT2D eigenvalue weighted by Crippen LogP contribution is -1.86. The molecule has 5 nitrogen and oxygen atoms in total. The average molecular weight is 177 g/mol. The van der Waals surface area contributed by atoms with Gasteiger partial charge >= 0.3 is 0 Å². The Morgan fingerprint density at radius 3 is 2.18 bits per heavy atom. The van der Waals surface area contributed by atoms with E-state index in [0.29, 0.717) is 0 Å². The van der Waals surface area contributed by atoms with Crippen LogP contribution in [-0.4, -0.2) is 18.2 Å². The van der Waals surface area contributed by atoms with E-state index in [1.54, 1.807) is 4.68 Å². The van der Waals surface area contributed by atoms with Crippen molar-refractivity contribution in [2.45, 2.75) is 6.92 Å².